The number of benzene rings is 1. The van der Waals surface area contributed by atoms with Crippen molar-refractivity contribution < 1.29 is 4.42 Å². The lowest BCUT2D eigenvalue weighted by Crippen LogP contribution is -1.89. The fourth-order valence-corrected chi connectivity index (χ4v) is 2.61. The van der Waals surface area contributed by atoms with Crippen LogP contribution in [0.4, 0.5) is 0 Å². The van der Waals surface area contributed by atoms with E-state index in [0.29, 0.717) is 5.56 Å². The quantitative estimate of drug-likeness (QED) is 0.684. The van der Waals surface area contributed by atoms with Crippen molar-refractivity contribution in [2.75, 3.05) is 0 Å². The first-order chi connectivity index (χ1) is 11.2. The second kappa shape index (κ2) is 6.33. The second-order valence-electron chi connectivity index (χ2n) is 5.45. The molecule has 3 rings (SSSR count). The smallest absolute Gasteiger partial charge is 0.133 e. The number of nitriles is 1. The van der Waals surface area contributed by atoms with Gasteiger partial charge in [-0.25, -0.2) is 0 Å². The van der Waals surface area contributed by atoms with Gasteiger partial charge < -0.3 is 4.42 Å². The molecule has 2 heterocycles. The van der Waals surface area contributed by atoms with Crippen molar-refractivity contribution in [1.29, 1.82) is 5.26 Å². The Bertz CT molecular complexity index is 877. The SMILES string of the molecule is Cc1cc(-c2ccco2)cc(C)c1/C=C/c1cncc(C#N)c1. The van der Waals surface area contributed by atoms with Crippen LogP contribution in [0.25, 0.3) is 23.5 Å². The van der Waals surface area contributed by atoms with Crippen LogP contribution in [0.2, 0.25) is 0 Å². The Labute approximate surface area is 135 Å². The number of rotatable bonds is 3. The Morgan fingerprint density at radius 2 is 1.87 bits per heavy atom. The van der Waals surface area contributed by atoms with Crippen LogP contribution in [-0.2, 0) is 0 Å². The zero-order valence-electron chi connectivity index (χ0n) is 13.1. The summed E-state index contributed by atoms with van der Waals surface area (Å²) in [5, 5.41) is 8.93. The van der Waals surface area contributed by atoms with Gasteiger partial charge >= 0.3 is 0 Å². The first-order valence-electron chi connectivity index (χ1n) is 7.36. The summed E-state index contributed by atoms with van der Waals surface area (Å²) in [4.78, 5) is 4.07. The number of nitrogens with zero attached hydrogens (tertiary/aromatic N) is 2. The Morgan fingerprint density at radius 3 is 2.52 bits per heavy atom. The Kier molecular flexibility index (Phi) is 4.07. The molecule has 0 saturated carbocycles. The van der Waals surface area contributed by atoms with Crippen molar-refractivity contribution in [3.63, 3.8) is 0 Å². The summed E-state index contributed by atoms with van der Waals surface area (Å²) in [7, 11) is 0. The number of aromatic nitrogens is 1. The average Bonchev–Trinajstić information content (AvgIpc) is 3.08. The minimum atomic E-state index is 0.564. The lowest BCUT2D eigenvalue weighted by atomic mass is 9.97. The maximum absolute atomic E-state index is 8.93. The van der Waals surface area contributed by atoms with E-state index in [-0.39, 0.29) is 0 Å². The van der Waals surface area contributed by atoms with E-state index in [9.17, 15) is 0 Å². The molecule has 3 aromatic rings. The zero-order chi connectivity index (χ0) is 16.2. The number of pyridine rings is 1. The van der Waals surface area contributed by atoms with Gasteiger partial charge in [0.05, 0.1) is 11.8 Å². The highest BCUT2D eigenvalue weighted by atomic mass is 16.3. The molecular formula is C20H16N2O. The third-order valence-electron chi connectivity index (χ3n) is 3.73. The van der Waals surface area contributed by atoms with Crippen molar-refractivity contribution in [3.05, 3.63) is 76.8 Å². The Hall–Kier alpha value is -3.12. The van der Waals surface area contributed by atoms with Crippen molar-refractivity contribution >= 4 is 12.2 Å². The van der Waals surface area contributed by atoms with Crippen molar-refractivity contribution in [3.8, 4) is 17.4 Å². The van der Waals surface area contributed by atoms with Crippen LogP contribution in [0.15, 0.2) is 53.4 Å². The first kappa shape index (κ1) is 14.8. The van der Waals surface area contributed by atoms with Crippen LogP contribution in [0.5, 0.6) is 0 Å². The predicted octanol–water partition coefficient (Wildman–Crippen LogP) is 5.00. The van der Waals surface area contributed by atoms with Gasteiger partial charge in [0.1, 0.15) is 11.8 Å². The van der Waals surface area contributed by atoms with E-state index in [1.165, 1.54) is 16.7 Å². The first-order valence-corrected chi connectivity index (χ1v) is 7.36. The topological polar surface area (TPSA) is 49.8 Å². The zero-order valence-corrected chi connectivity index (χ0v) is 13.1. The minimum Gasteiger partial charge on any atom is -0.464 e. The van der Waals surface area contributed by atoms with E-state index in [1.54, 1.807) is 18.7 Å². The predicted molar refractivity (Wildman–Crippen MR) is 91.5 cm³/mol. The largest absolute Gasteiger partial charge is 0.464 e. The van der Waals surface area contributed by atoms with Crippen LogP contribution in [0, 0.1) is 25.2 Å². The van der Waals surface area contributed by atoms with Gasteiger partial charge in [-0.2, -0.15) is 5.26 Å². The normalized spacial score (nSPS) is 10.8. The van der Waals surface area contributed by atoms with E-state index in [4.69, 9.17) is 9.68 Å². The van der Waals surface area contributed by atoms with Crippen LogP contribution in [-0.4, -0.2) is 4.98 Å². The molecule has 23 heavy (non-hydrogen) atoms. The molecule has 1 aromatic carbocycles. The maximum Gasteiger partial charge on any atom is 0.133 e. The van der Waals surface area contributed by atoms with Gasteiger partial charge in [-0.3, -0.25) is 4.98 Å². The summed E-state index contributed by atoms with van der Waals surface area (Å²) < 4.78 is 5.47. The fraction of sp³-hybridized carbons (Fsp3) is 0.100. The number of hydrogen-bond donors (Lipinski definition) is 0. The van der Waals surface area contributed by atoms with Crippen LogP contribution in [0.1, 0.15) is 27.8 Å². The maximum atomic E-state index is 8.93. The van der Waals surface area contributed by atoms with E-state index in [1.807, 2.05) is 24.3 Å². The molecule has 0 aliphatic heterocycles. The van der Waals surface area contributed by atoms with E-state index in [2.05, 4.69) is 43.1 Å². The molecule has 0 aliphatic rings. The highest BCUT2D eigenvalue weighted by Gasteiger charge is 2.06. The third kappa shape index (κ3) is 3.22. The molecular weight excluding hydrogens is 284 g/mol. The van der Waals surface area contributed by atoms with Crippen molar-refractivity contribution in [2.45, 2.75) is 13.8 Å². The van der Waals surface area contributed by atoms with E-state index in [0.717, 1.165) is 16.9 Å². The Balaban J connectivity index is 1.94. The van der Waals surface area contributed by atoms with Crippen LogP contribution >= 0.6 is 0 Å². The molecule has 0 unspecified atom stereocenters. The van der Waals surface area contributed by atoms with E-state index >= 15 is 0 Å². The van der Waals surface area contributed by atoms with Crippen molar-refractivity contribution in [2.24, 2.45) is 0 Å². The molecule has 3 heteroatoms. The number of aryl methyl sites for hydroxylation is 2. The van der Waals surface area contributed by atoms with Gasteiger partial charge in [0, 0.05) is 18.0 Å². The third-order valence-corrected chi connectivity index (χ3v) is 3.73. The average molecular weight is 300 g/mol. The summed E-state index contributed by atoms with van der Waals surface area (Å²) in [6, 6.07) is 12.0. The molecule has 0 bridgehead atoms. The molecule has 112 valence electrons. The van der Waals surface area contributed by atoms with Gasteiger partial charge in [0.25, 0.3) is 0 Å². The number of furan rings is 1. The molecule has 0 N–H and O–H groups in total. The lowest BCUT2D eigenvalue weighted by Gasteiger charge is -2.08. The van der Waals surface area contributed by atoms with Gasteiger partial charge in [-0.15, -0.1) is 0 Å². The summed E-state index contributed by atoms with van der Waals surface area (Å²) in [5.41, 5.74) is 6.08. The van der Waals surface area contributed by atoms with Crippen LogP contribution < -0.4 is 0 Å². The van der Waals surface area contributed by atoms with Crippen molar-refractivity contribution in [1.82, 2.24) is 4.98 Å². The molecule has 0 spiro atoms. The molecule has 0 saturated heterocycles. The Morgan fingerprint density at radius 1 is 1.09 bits per heavy atom. The van der Waals surface area contributed by atoms with Gasteiger partial charge in [0.2, 0.25) is 0 Å². The molecule has 2 aromatic heterocycles. The summed E-state index contributed by atoms with van der Waals surface area (Å²) in [6.45, 7) is 4.17. The highest BCUT2D eigenvalue weighted by Crippen LogP contribution is 2.26. The summed E-state index contributed by atoms with van der Waals surface area (Å²) in [5.74, 6) is 0.873. The molecule has 0 atom stereocenters. The molecule has 0 radical (unpaired) electrons. The van der Waals surface area contributed by atoms with Gasteiger partial charge in [0.15, 0.2) is 0 Å². The molecule has 3 nitrogen and oxygen atoms in total. The lowest BCUT2D eigenvalue weighted by molar-refractivity contribution is 0.582. The second-order valence-corrected chi connectivity index (χ2v) is 5.45. The monoisotopic (exact) mass is 300 g/mol. The van der Waals surface area contributed by atoms with Crippen LogP contribution in [0.3, 0.4) is 0 Å². The standard InChI is InChI=1S/C20H16N2O/c1-14-8-18(20-4-3-7-23-20)9-15(2)19(14)6-5-16-10-17(11-21)13-22-12-16/h3-10,12-13H,1-2H3/b6-5+. The van der Waals surface area contributed by atoms with Gasteiger partial charge in [-0.1, -0.05) is 12.2 Å². The summed E-state index contributed by atoms with van der Waals surface area (Å²) >= 11 is 0. The summed E-state index contributed by atoms with van der Waals surface area (Å²) in [6.07, 6.45) is 9.04. The highest BCUT2D eigenvalue weighted by molar-refractivity contribution is 5.75. The fourth-order valence-electron chi connectivity index (χ4n) is 2.61. The number of hydrogen-bond acceptors (Lipinski definition) is 3. The molecule has 0 fully saturated rings. The molecule has 0 amide bonds. The molecule has 0 aliphatic carbocycles. The minimum absolute atomic E-state index is 0.564. The van der Waals surface area contributed by atoms with E-state index < -0.39 is 0 Å². The van der Waals surface area contributed by atoms with Gasteiger partial charge in [-0.05, 0) is 66.4 Å².